The fourth-order valence-electron chi connectivity index (χ4n) is 1.49. The van der Waals surface area contributed by atoms with Gasteiger partial charge in [0.1, 0.15) is 0 Å². The lowest BCUT2D eigenvalue weighted by Gasteiger charge is -2.20. The van der Waals surface area contributed by atoms with Gasteiger partial charge in [0.2, 0.25) is 10.0 Å². The zero-order valence-electron chi connectivity index (χ0n) is 10.1. The fourth-order valence-corrected chi connectivity index (χ4v) is 3.23. The van der Waals surface area contributed by atoms with Crippen molar-refractivity contribution in [2.45, 2.75) is 11.8 Å². The van der Waals surface area contributed by atoms with Crippen LogP contribution in [0.15, 0.2) is 40.2 Å². The van der Waals surface area contributed by atoms with Gasteiger partial charge in [-0.2, -0.15) is 4.31 Å². The number of halogens is 1. The first-order chi connectivity index (χ1) is 8.43. The molecule has 0 aliphatic heterocycles. The third-order valence-electron chi connectivity index (χ3n) is 2.45. The Morgan fingerprint density at radius 2 is 2.17 bits per heavy atom. The molecule has 0 aromatic heterocycles. The Morgan fingerprint density at radius 1 is 1.50 bits per heavy atom. The molecule has 0 spiro atoms. The van der Waals surface area contributed by atoms with Crippen molar-refractivity contribution >= 4 is 26.0 Å². The highest BCUT2D eigenvalue weighted by Crippen LogP contribution is 2.22. The number of aryl methyl sites for hydroxylation is 1. The number of aliphatic hydroxyl groups excluding tert-OH is 1. The quantitative estimate of drug-likeness (QED) is 0.809. The van der Waals surface area contributed by atoms with Gasteiger partial charge in [-0.1, -0.05) is 22.0 Å². The van der Waals surface area contributed by atoms with Crippen molar-refractivity contribution in [2.75, 3.05) is 19.7 Å². The number of nitrogens with zero attached hydrogens (tertiary/aromatic N) is 1. The second-order valence-corrected chi connectivity index (χ2v) is 6.58. The Balaban J connectivity index is 3.17. The normalized spacial score (nSPS) is 11.8. The molecule has 100 valence electrons. The van der Waals surface area contributed by atoms with Crippen LogP contribution in [0, 0.1) is 6.92 Å². The first-order valence-electron chi connectivity index (χ1n) is 5.41. The van der Waals surface area contributed by atoms with Crippen LogP contribution in [0.1, 0.15) is 5.56 Å². The first-order valence-corrected chi connectivity index (χ1v) is 7.65. The molecule has 0 atom stereocenters. The van der Waals surface area contributed by atoms with E-state index in [0.717, 1.165) is 10.0 Å². The van der Waals surface area contributed by atoms with E-state index in [9.17, 15) is 8.42 Å². The van der Waals surface area contributed by atoms with Crippen LogP contribution in [0.5, 0.6) is 0 Å². The van der Waals surface area contributed by atoms with Crippen molar-refractivity contribution in [3.05, 3.63) is 40.9 Å². The van der Waals surface area contributed by atoms with Gasteiger partial charge in [0.15, 0.2) is 0 Å². The van der Waals surface area contributed by atoms with Crippen LogP contribution in [-0.4, -0.2) is 37.5 Å². The van der Waals surface area contributed by atoms with E-state index in [4.69, 9.17) is 5.11 Å². The van der Waals surface area contributed by atoms with Crippen LogP contribution in [0.4, 0.5) is 0 Å². The van der Waals surface area contributed by atoms with Crippen LogP contribution in [0.25, 0.3) is 0 Å². The van der Waals surface area contributed by atoms with Gasteiger partial charge in [-0.25, -0.2) is 8.42 Å². The zero-order valence-corrected chi connectivity index (χ0v) is 12.5. The Kier molecular flexibility index (Phi) is 5.52. The molecular formula is C12H16BrNO3S. The summed E-state index contributed by atoms with van der Waals surface area (Å²) in [6.07, 6.45) is 1.50. The van der Waals surface area contributed by atoms with Gasteiger partial charge in [-0.3, -0.25) is 0 Å². The maximum Gasteiger partial charge on any atom is 0.243 e. The zero-order chi connectivity index (χ0) is 13.8. The molecule has 4 nitrogen and oxygen atoms in total. The number of sulfonamides is 1. The molecule has 0 bridgehead atoms. The minimum absolute atomic E-state index is 0.0590. The molecule has 0 unspecified atom stereocenters. The second kappa shape index (κ2) is 6.47. The smallest absolute Gasteiger partial charge is 0.243 e. The molecule has 1 N–H and O–H groups in total. The molecule has 1 rings (SSSR count). The molecule has 0 amide bonds. The predicted molar refractivity (Wildman–Crippen MR) is 74.9 cm³/mol. The van der Waals surface area contributed by atoms with Gasteiger partial charge < -0.3 is 5.11 Å². The highest BCUT2D eigenvalue weighted by atomic mass is 79.9. The monoisotopic (exact) mass is 333 g/mol. The highest BCUT2D eigenvalue weighted by molar-refractivity contribution is 9.10. The summed E-state index contributed by atoms with van der Waals surface area (Å²) in [5, 5.41) is 8.92. The first kappa shape index (κ1) is 15.4. The fraction of sp³-hybridized carbons (Fsp3) is 0.333. The van der Waals surface area contributed by atoms with E-state index in [-0.39, 0.29) is 24.6 Å². The van der Waals surface area contributed by atoms with Gasteiger partial charge in [0, 0.05) is 17.6 Å². The summed E-state index contributed by atoms with van der Waals surface area (Å²) in [4.78, 5) is 0.221. The molecule has 1 aromatic carbocycles. The van der Waals surface area contributed by atoms with Crippen molar-refractivity contribution in [3.8, 4) is 0 Å². The average Bonchev–Trinajstić information content (AvgIpc) is 2.32. The van der Waals surface area contributed by atoms with Crippen LogP contribution >= 0.6 is 15.9 Å². The van der Waals surface area contributed by atoms with E-state index in [2.05, 4.69) is 22.5 Å². The Hall–Kier alpha value is -0.690. The van der Waals surface area contributed by atoms with Crippen molar-refractivity contribution in [3.63, 3.8) is 0 Å². The second-order valence-electron chi connectivity index (χ2n) is 3.79. The summed E-state index contributed by atoms with van der Waals surface area (Å²) in [7, 11) is -3.58. The molecule has 6 heteroatoms. The lowest BCUT2D eigenvalue weighted by atomic mass is 10.2. The molecular weight excluding hydrogens is 318 g/mol. The lowest BCUT2D eigenvalue weighted by Crippen LogP contribution is -2.33. The number of hydrogen-bond acceptors (Lipinski definition) is 3. The topological polar surface area (TPSA) is 57.6 Å². The molecule has 0 radical (unpaired) electrons. The molecule has 18 heavy (non-hydrogen) atoms. The minimum Gasteiger partial charge on any atom is -0.395 e. The predicted octanol–water partition coefficient (Wildman–Crippen LogP) is 1.93. The maximum absolute atomic E-state index is 12.3. The summed E-state index contributed by atoms with van der Waals surface area (Å²) >= 11 is 3.33. The third kappa shape index (κ3) is 3.41. The molecule has 0 saturated carbocycles. The van der Waals surface area contributed by atoms with E-state index < -0.39 is 10.0 Å². The highest BCUT2D eigenvalue weighted by Gasteiger charge is 2.23. The van der Waals surface area contributed by atoms with Gasteiger partial charge in [0.25, 0.3) is 0 Å². The van der Waals surface area contributed by atoms with E-state index in [1.54, 1.807) is 18.2 Å². The number of aliphatic hydroxyl groups is 1. The summed E-state index contributed by atoms with van der Waals surface area (Å²) in [5.74, 6) is 0. The number of rotatable bonds is 6. The summed E-state index contributed by atoms with van der Waals surface area (Å²) < 4.78 is 26.7. The molecule has 1 aromatic rings. The van der Waals surface area contributed by atoms with E-state index in [1.165, 1.54) is 10.4 Å². The SMILES string of the molecule is C=CCN(CCO)S(=O)(=O)c1ccc(Br)c(C)c1. The van der Waals surface area contributed by atoms with Gasteiger partial charge >= 0.3 is 0 Å². The summed E-state index contributed by atoms with van der Waals surface area (Å²) in [5.41, 5.74) is 0.846. The standard InChI is InChI=1S/C12H16BrNO3S/c1-3-6-14(7-8-15)18(16,17)11-4-5-12(13)10(2)9-11/h3-5,9,15H,1,6-8H2,2H3. The number of hydrogen-bond donors (Lipinski definition) is 1. The van der Waals surface area contributed by atoms with Crippen molar-refractivity contribution in [1.29, 1.82) is 0 Å². The average molecular weight is 334 g/mol. The summed E-state index contributed by atoms with van der Waals surface area (Å²) in [6, 6.07) is 4.85. The van der Waals surface area contributed by atoms with Gasteiger partial charge in [0.05, 0.1) is 11.5 Å². The van der Waals surface area contributed by atoms with E-state index in [1.807, 2.05) is 6.92 Å². The van der Waals surface area contributed by atoms with E-state index in [0.29, 0.717) is 0 Å². The van der Waals surface area contributed by atoms with Crippen LogP contribution in [0.3, 0.4) is 0 Å². The minimum atomic E-state index is -3.58. The van der Waals surface area contributed by atoms with Crippen LogP contribution in [0.2, 0.25) is 0 Å². The molecule has 0 aliphatic carbocycles. The number of benzene rings is 1. The molecule has 0 fully saturated rings. The maximum atomic E-state index is 12.3. The lowest BCUT2D eigenvalue weighted by molar-refractivity contribution is 0.260. The Labute approximate surface area is 116 Å². The Bertz CT molecular complexity index is 528. The van der Waals surface area contributed by atoms with Crippen molar-refractivity contribution in [1.82, 2.24) is 4.31 Å². The van der Waals surface area contributed by atoms with Gasteiger partial charge in [-0.15, -0.1) is 6.58 Å². The Morgan fingerprint density at radius 3 is 2.67 bits per heavy atom. The molecule has 0 aliphatic rings. The van der Waals surface area contributed by atoms with E-state index >= 15 is 0 Å². The summed E-state index contributed by atoms with van der Waals surface area (Å²) in [6.45, 7) is 5.37. The van der Waals surface area contributed by atoms with Crippen LogP contribution in [-0.2, 0) is 10.0 Å². The van der Waals surface area contributed by atoms with Gasteiger partial charge in [-0.05, 0) is 30.7 Å². The van der Waals surface area contributed by atoms with Crippen LogP contribution < -0.4 is 0 Å². The van der Waals surface area contributed by atoms with Crippen molar-refractivity contribution < 1.29 is 13.5 Å². The molecule has 0 saturated heterocycles. The third-order valence-corrected chi connectivity index (χ3v) is 5.20. The van der Waals surface area contributed by atoms with Crippen molar-refractivity contribution in [2.24, 2.45) is 0 Å². The largest absolute Gasteiger partial charge is 0.395 e. The molecule has 0 heterocycles.